The summed E-state index contributed by atoms with van der Waals surface area (Å²) in [6, 6.07) is 6.07. The van der Waals surface area contributed by atoms with Crippen LogP contribution in [0.15, 0.2) is 23.2 Å². The largest absolute Gasteiger partial charge is 0.354 e. The molecular weight excluding hydrogens is 277 g/mol. The van der Waals surface area contributed by atoms with E-state index < -0.39 is 0 Å². The maximum atomic E-state index is 13.1. The lowest BCUT2D eigenvalue weighted by atomic mass is 9.76. The van der Waals surface area contributed by atoms with Crippen LogP contribution in [0, 0.1) is 5.82 Å². The number of nitrogens with zero attached hydrogens (tertiary/aromatic N) is 1. The molecule has 1 aromatic carbocycles. The number of halogens is 2. The van der Waals surface area contributed by atoms with E-state index in [0.29, 0.717) is 18.0 Å². The number of rotatable bonds is 3. The number of hydrogen-bond donors (Lipinski definition) is 2. The first-order valence-corrected chi connectivity index (χ1v) is 7.48. The Labute approximate surface area is 123 Å². The first-order valence-electron chi connectivity index (χ1n) is 7.10. The monoisotopic (exact) mass is 295 g/mol. The summed E-state index contributed by atoms with van der Waals surface area (Å²) in [5.41, 5.74) is 1.12. The molecule has 0 heterocycles. The second kappa shape index (κ2) is 5.60. The van der Waals surface area contributed by atoms with Crippen molar-refractivity contribution in [3.8, 4) is 0 Å². The van der Waals surface area contributed by atoms with Crippen molar-refractivity contribution in [2.75, 3.05) is 7.05 Å². The normalized spacial score (nSPS) is 26.1. The van der Waals surface area contributed by atoms with Gasteiger partial charge in [-0.3, -0.25) is 4.99 Å². The highest BCUT2D eigenvalue weighted by atomic mass is 35.5. The van der Waals surface area contributed by atoms with Crippen molar-refractivity contribution < 1.29 is 4.39 Å². The average Bonchev–Trinajstić information content (AvgIpc) is 3.19. The van der Waals surface area contributed by atoms with Crippen molar-refractivity contribution in [1.29, 1.82) is 0 Å². The number of benzene rings is 1. The van der Waals surface area contributed by atoms with Crippen LogP contribution in [0.5, 0.6) is 0 Å². The van der Waals surface area contributed by atoms with E-state index in [-0.39, 0.29) is 10.8 Å². The van der Waals surface area contributed by atoms with Crippen molar-refractivity contribution in [2.45, 2.75) is 43.7 Å². The van der Waals surface area contributed by atoms with Crippen LogP contribution >= 0.6 is 11.6 Å². The zero-order chi connectivity index (χ0) is 14.1. The third-order valence-electron chi connectivity index (χ3n) is 4.04. The summed E-state index contributed by atoms with van der Waals surface area (Å²) in [6.07, 6.45) is 4.55. The zero-order valence-electron chi connectivity index (χ0n) is 11.5. The molecule has 0 unspecified atom stereocenters. The molecule has 20 heavy (non-hydrogen) atoms. The van der Waals surface area contributed by atoms with Gasteiger partial charge in [0.25, 0.3) is 0 Å². The summed E-state index contributed by atoms with van der Waals surface area (Å²) in [6.45, 7) is 0. The fraction of sp³-hybridized carbons (Fsp3) is 0.533. The lowest BCUT2D eigenvalue weighted by Crippen LogP contribution is -2.49. The predicted molar refractivity (Wildman–Crippen MR) is 79.8 cm³/mol. The second-order valence-corrected chi connectivity index (χ2v) is 6.08. The minimum atomic E-state index is -0.349. The fourth-order valence-electron chi connectivity index (χ4n) is 2.56. The smallest absolute Gasteiger partial charge is 0.191 e. The Bertz CT molecular complexity index is 522. The highest BCUT2D eigenvalue weighted by molar-refractivity contribution is 6.30. The molecule has 0 saturated heterocycles. The summed E-state index contributed by atoms with van der Waals surface area (Å²) in [7, 11) is 1.80. The van der Waals surface area contributed by atoms with Crippen LogP contribution in [0.3, 0.4) is 0 Å². The molecule has 3 nitrogen and oxygen atoms in total. The van der Waals surface area contributed by atoms with Gasteiger partial charge in [-0.2, -0.15) is 0 Å². The minimum absolute atomic E-state index is 0.213. The van der Waals surface area contributed by atoms with E-state index in [0.717, 1.165) is 24.4 Å². The maximum Gasteiger partial charge on any atom is 0.191 e. The van der Waals surface area contributed by atoms with Gasteiger partial charge in [0.2, 0.25) is 0 Å². The lowest BCUT2D eigenvalue weighted by molar-refractivity contribution is 0.321. The van der Waals surface area contributed by atoms with Gasteiger partial charge in [-0.1, -0.05) is 17.7 Å². The molecule has 2 fully saturated rings. The third-order valence-corrected chi connectivity index (χ3v) is 4.33. The van der Waals surface area contributed by atoms with Gasteiger partial charge in [0.05, 0.1) is 5.02 Å². The summed E-state index contributed by atoms with van der Waals surface area (Å²) >= 11 is 5.83. The Balaban J connectivity index is 1.51. The summed E-state index contributed by atoms with van der Waals surface area (Å²) < 4.78 is 13.1. The van der Waals surface area contributed by atoms with E-state index >= 15 is 0 Å². The molecule has 0 bridgehead atoms. The van der Waals surface area contributed by atoms with Crippen molar-refractivity contribution in [3.05, 3.63) is 34.6 Å². The second-order valence-electron chi connectivity index (χ2n) is 5.67. The highest BCUT2D eigenvalue weighted by Crippen LogP contribution is 2.38. The van der Waals surface area contributed by atoms with Gasteiger partial charge >= 0.3 is 0 Å². The van der Waals surface area contributed by atoms with Crippen LogP contribution in [0.4, 0.5) is 4.39 Å². The van der Waals surface area contributed by atoms with E-state index in [1.807, 2.05) is 6.07 Å². The molecule has 1 aromatic rings. The van der Waals surface area contributed by atoms with Crippen LogP contribution in [-0.2, 0) is 0 Å². The van der Waals surface area contributed by atoms with Crippen molar-refractivity contribution in [1.82, 2.24) is 10.6 Å². The Hall–Kier alpha value is -1.29. The van der Waals surface area contributed by atoms with E-state index in [9.17, 15) is 4.39 Å². The van der Waals surface area contributed by atoms with Crippen LogP contribution in [0.2, 0.25) is 5.02 Å². The first kappa shape index (κ1) is 13.7. The van der Waals surface area contributed by atoms with Crippen LogP contribution in [0.25, 0.3) is 0 Å². The third kappa shape index (κ3) is 3.06. The van der Waals surface area contributed by atoms with Crippen molar-refractivity contribution >= 4 is 17.6 Å². The molecule has 0 amide bonds. The summed E-state index contributed by atoms with van der Waals surface area (Å²) in [5, 5.41) is 7.02. The lowest BCUT2D eigenvalue weighted by Gasteiger charge is -2.37. The van der Waals surface area contributed by atoms with Crippen molar-refractivity contribution in [2.24, 2.45) is 4.99 Å². The first-order chi connectivity index (χ1) is 9.65. The van der Waals surface area contributed by atoms with Crippen molar-refractivity contribution in [3.63, 3.8) is 0 Å². The SMILES string of the molecule is CN=C(NC1CC1)NC1CC(c2ccc(F)c(Cl)c2)C1. The predicted octanol–water partition coefficient (Wildman–Crippen LogP) is 3.05. The Kier molecular flexibility index (Phi) is 3.83. The molecule has 0 atom stereocenters. The minimum Gasteiger partial charge on any atom is -0.354 e. The topological polar surface area (TPSA) is 36.4 Å². The van der Waals surface area contributed by atoms with E-state index in [2.05, 4.69) is 15.6 Å². The molecule has 2 N–H and O–H groups in total. The molecule has 2 saturated carbocycles. The van der Waals surface area contributed by atoms with E-state index in [1.54, 1.807) is 13.1 Å². The summed E-state index contributed by atoms with van der Waals surface area (Å²) in [4.78, 5) is 4.24. The van der Waals surface area contributed by atoms with Gasteiger partial charge < -0.3 is 10.6 Å². The zero-order valence-corrected chi connectivity index (χ0v) is 12.3. The Morgan fingerprint density at radius 1 is 1.25 bits per heavy atom. The molecule has 0 aliphatic heterocycles. The van der Waals surface area contributed by atoms with Crippen LogP contribution in [-0.4, -0.2) is 25.1 Å². The number of nitrogens with one attached hydrogen (secondary N) is 2. The molecule has 108 valence electrons. The van der Waals surface area contributed by atoms with E-state index in [4.69, 9.17) is 11.6 Å². The molecule has 5 heteroatoms. The number of aliphatic imine (C=N–C) groups is 1. The quantitative estimate of drug-likeness (QED) is 0.664. The van der Waals surface area contributed by atoms with Gasteiger partial charge in [0, 0.05) is 19.1 Å². The van der Waals surface area contributed by atoms with Gasteiger partial charge in [-0.05, 0) is 49.3 Å². The number of guanidine groups is 1. The molecule has 0 aromatic heterocycles. The van der Waals surface area contributed by atoms with Gasteiger partial charge in [0.15, 0.2) is 5.96 Å². The highest BCUT2D eigenvalue weighted by Gasteiger charge is 2.32. The molecule has 2 aliphatic rings. The number of hydrogen-bond acceptors (Lipinski definition) is 1. The Morgan fingerprint density at radius 3 is 2.55 bits per heavy atom. The van der Waals surface area contributed by atoms with E-state index in [1.165, 1.54) is 18.9 Å². The molecular formula is C15H19ClFN3. The van der Waals surface area contributed by atoms with Crippen LogP contribution < -0.4 is 10.6 Å². The van der Waals surface area contributed by atoms with Gasteiger partial charge in [0.1, 0.15) is 5.82 Å². The summed E-state index contributed by atoms with van der Waals surface area (Å²) in [5.74, 6) is 1.01. The molecule has 0 spiro atoms. The van der Waals surface area contributed by atoms with Crippen LogP contribution in [0.1, 0.15) is 37.2 Å². The Morgan fingerprint density at radius 2 is 1.95 bits per heavy atom. The standard InChI is InChI=1S/C15H19ClFN3/c1-18-15(19-11-3-4-11)20-12-6-10(7-12)9-2-5-14(17)13(16)8-9/h2,5,8,10-12H,3-4,6-7H2,1H3,(H2,18,19,20). The molecule has 0 radical (unpaired) electrons. The van der Waals surface area contributed by atoms with Gasteiger partial charge in [-0.25, -0.2) is 4.39 Å². The van der Waals surface area contributed by atoms with Gasteiger partial charge in [-0.15, -0.1) is 0 Å². The molecule has 2 aliphatic carbocycles. The fourth-order valence-corrected chi connectivity index (χ4v) is 2.75. The average molecular weight is 296 g/mol. The molecule has 3 rings (SSSR count). The maximum absolute atomic E-state index is 13.1.